The van der Waals surface area contributed by atoms with E-state index in [2.05, 4.69) is 22.6 Å². The Kier molecular flexibility index (Phi) is 3.32. The number of aliphatic carboxylic acids is 1. The molecule has 0 aliphatic heterocycles. The zero-order valence-electron chi connectivity index (χ0n) is 5.71. The first-order valence-corrected chi connectivity index (χ1v) is 5.09. The molecule has 0 saturated heterocycles. The number of halogens is 1. The van der Waals surface area contributed by atoms with Gasteiger partial charge in [-0.15, -0.1) is 11.3 Å². The maximum atomic E-state index is 10.2. The molecule has 60 valence electrons. The van der Waals surface area contributed by atoms with E-state index in [4.69, 9.17) is 5.11 Å². The average Bonchev–Trinajstić information content (AvgIpc) is 2.31. The molecular formula is C7H7IO2S. The van der Waals surface area contributed by atoms with Crippen molar-refractivity contribution in [1.82, 2.24) is 0 Å². The third kappa shape index (κ3) is 3.20. The van der Waals surface area contributed by atoms with Gasteiger partial charge in [-0.05, 0) is 46.0 Å². The van der Waals surface area contributed by atoms with Crippen molar-refractivity contribution >= 4 is 39.9 Å². The van der Waals surface area contributed by atoms with Crippen LogP contribution in [0.4, 0.5) is 0 Å². The molecule has 1 aromatic heterocycles. The van der Waals surface area contributed by atoms with Crippen molar-refractivity contribution < 1.29 is 9.90 Å². The third-order valence-electron chi connectivity index (χ3n) is 1.25. The quantitative estimate of drug-likeness (QED) is 0.864. The van der Waals surface area contributed by atoms with Crippen molar-refractivity contribution in [3.05, 3.63) is 19.9 Å². The molecule has 0 atom stereocenters. The largest absolute Gasteiger partial charge is 0.481 e. The lowest BCUT2D eigenvalue weighted by atomic mass is 10.2. The lowest BCUT2D eigenvalue weighted by Crippen LogP contribution is -1.95. The highest BCUT2D eigenvalue weighted by atomic mass is 127. The molecule has 0 bridgehead atoms. The summed E-state index contributed by atoms with van der Waals surface area (Å²) in [5, 5.41) is 10.4. The minimum absolute atomic E-state index is 0.229. The molecule has 0 aliphatic carbocycles. The van der Waals surface area contributed by atoms with Crippen LogP contribution in [-0.4, -0.2) is 11.1 Å². The van der Waals surface area contributed by atoms with Gasteiger partial charge in [0.05, 0.1) is 2.88 Å². The first kappa shape index (κ1) is 8.99. The fourth-order valence-electron chi connectivity index (χ4n) is 0.728. The van der Waals surface area contributed by atoms with Crippen molar-refractivity contribution in [2.45, 2.75) is 12.8 Å². The highest BCUT2D eigenvalue weighted by Crippen LogP contribution is 2.17. The molecule has 0 saturated carbocycles. The van der Waals surface area contributed by atoms with E-state index in [1.165, 1.54) is 2.88 Å². The van der Waals surface area contributed by atoms with Gasteiger partial charge in [0.1, 0.15) is 0 Å². The fourth-order valence-corrected chi connectivity index (χ4v) is 2.18. The molecule has 0 fully saturated rings. The second kappa shape index (κ2) is 4.06. The van der Waals surface area contributed by atoms with Gasteiger partial charge in [0.15, 0.2) is 0 Å². The van der Waals surface area contributed by atoms with Crippen molar-refractivity contribution in [2.24, 2.45) is 0 Å². The van der Waals surface area contributed by atoms with Crippen LogP contribution in [0.5, 0.6) is 0 Å². The molecule has 1 N–H and O–H groups in total. The molecule has 2 nitrogen and oxygen atoms in total. The van der Waals surface area contributed by atoms with Crippen LogP contribution >= 0.6 is 33.9 Å². The maximum absolute atomic E-state index is 10.2. The van der Waals surface area contributed by atoms with Gasteiger partial charge in [0.25, 0.3) is 0 Å². The lowest BCUT2D eigenvalue weighted by Gasteiger charge is -1.90. The first-order valence-electron chi connectivity index (χ1n) is 3.13. The maximum Gasteiger partial charge on any atom is 0.303 e. The molecule has 1 aromatic rings. The van der Waals surface area contributed by atoms with Crippen LogP contribution in [0.1, 0.15) is 12.0 Å². The predicted molar refractivity (Wildman–Crippen MR) is 53.0 cm³/mol. The Morgan fingerprint density at radius 1 is 1.73 bits per heavy atom. The van der Waals surface area contributed by atoms with E-state index in [9.17, 15) is 4.79 Å². The Bertz CT molecular complexity index is 257. The molecule has 0 aliphatic rings. The summed E-state index contributed by atoms with van der Waals surface area (Å²) in [6.07, 6.45) is 0.877. The number of carbonyl (C=O) groups is 1. The molecule has 0 spiro atoms. The normalized spacial score (nSPS) is 9.91. The summed E-state index contributed by atoms with van der Waals surface area (Å²) >= 11 is 3.88. The molecule has 4 heteroatoms. The van der Waals surface area contributed by atoms with Crippen LogP contribution in [0, 0.1) is 2.88 Å². The monoisotopic (exact) mass is 282 g/mol. The second-order valence-corrected chi connectivity index (χ2v) is 4.96. The number of carboxylic acid groups (broad SMARTS) is 1. The summed E-state index contributed by atoms with van der Waals surface area (Å²) in [7, 11) is 0. The van der Waals surface area contributed by atoms with Crippen LogP contribution < -0.4 is 0 Å². The van der Waals surface area contributed by atoms with Gasteiger partial charge in [0.2, 0.25) is 0 Å². The van der Waals surface area contributed by atoms with Gasteiger partial charge < -0.3 is 5.11 Å². The highest BCUT2D eigenvalue weighted by Gasteiger charge is 2.00. The van der Waals surface area contributed by atoms with Crippen molar-refractivity contribution in [2.75, 3.05) is 0 Å². The van der Waals surface area contributed by atoms with Crippen molar-refractivity contribution in [3.8, 4) is 0 Å². The molecule has 1 rings (SSSR count). The Hall–Kier alpha value is -0.100. The number of hydrogen-bond acceptors (Lipinski definition) is 2. The summed E-state index contributed by atoms with van der Waals surface area (Å²) in [6, 6.07) is 2.02. The van der Waals surface area contributed by atoms with E-state index in [-0.39, 0.29) is 6.42 Å². The van der Waals surface area contributed by atoms with E-state index in [1.54, 1.807) is 11.3 Å². The molecule has 0 amide bonds. The summed E-state index contributed by atoms with van der Waals surface area (Å²) < 4.78 is 1.21. The fraction of sp³-hybridized carbons (Fsp3) is 0.286. The summed E-state index contributed by atoms with van der Waals surface area (Å²) in [5.74, 6) is -0.730. The SMILES string of the molecule is O=C(O)CCc1csc(I)c1. The van der Waals surface area contributed by atoms with E-state index in [0.717, 1.165) is 5.56 Å². The first-order chi connectivity index (χ1) is 5.18. The smallest absolute Gasteiger partial charge is 0.303 e. The summed E-state index contributed by atoms with van der Waals surface area (Å²) in [4.78, 5) is 10.2. The summed E-state index contributed by atoms with van der Waals surface area (Å²) in [6.45, 7) is 0. The number of hydrogen-bond donors (Lipinski definition) is 1. The van der Waals surface area contributed by atoms with Gasteiger partial charge in [-0.1, -0.05) is 0 Å². The molecule has 1 heterocycles. The molecular weight excluding hydrogens is 275 g/mol. The third-order valence-corrected chi connectivity index (χ3v) is 3.09. The van der Waals surface area contributed by atoms with E-state index in [1.807, 2.05) is 11.4 Å². The minimum Gasteiger partial charge on any atom is -0.481 e. The van der Waals surface area contributed by atoms with Gasteiger partial charge in [-0.3, -0.25) is 4.79 Å². The summed E-state index contributed by atoms with van der Waals surface area (Å²) in [5.41, 5.74) is 1.13. The van der Waals surface area contributed by atoms with E-state index < -0.39 is 5.97 Å². The van der Waals surface area contributed by atoms with Crippen molar-refractivity contribution in [3.63, 3.8) is 0 Å². The van der Waals surface area contributed by atoms with Crippen LogP contribution in [-0.2, 0) is 11.2 Å². The molecule has 0 radical (unpaired) electrons. The topological polar surface area (TPSA) is 37.3 Å². The number of rotatable bonds is 3. The Morgan fingerprint density at radius 2 is 2.45 bits per heavy atom. The Labute approximate surface area is 82.4 Å². The minimum atomic E-state index is -0.730. The lowest BCUT2D eigenvalue weighted by molar-refractivity contribution is -0.136. The number of thiophene rings is 1. The van der Waals surface area contributed by atoms with Crippen molar-refractivity contribution in [1.29, 1.82) is 0 Å². The van der Waals surface area contributed by atoms with Gasteiger partial charge in [-0.2, -0.15) is 0 Å². The molecule has 0 aromatic carbocycles. The molecule has 0 unspecified atom stereocenters. The number of carboxylic acids is 1. The van der Waals surface area contributed by atoms with Gasteiger partial charge in [0, 0.05) is 6.42 Å². The van der Waals surface area contributed by atoms with Crippen LogP contribution in [0.2, 0.25) is 0 Å². The molecule has 11 heavy (non-hydrogen) atoms. The standard InChI is InChI=1S/C7H7IO2S/c8-6-3-5(4-11-6)1-2-7(9)10/h3-4H,1-2H2,(H,9,10). The van der Waals surface area contributed by atoms with E-state index in [0.29, 0.717) is 6.42 Å². The second-order valence-electron chi connectivity index (χ2n) is 2.15. The van der Waals surface area contributed by atoms with Crippen LogP contribution in [0.3, 0.4) is 0 Å². The highest BCUT2D eigenvalue weighted by molar-refractivity contribution is 14.1. The number of aryl methyl sites for hydroxylation is 1. The predicted octanol–water partition coefficient (Wildman–Crippen LogP) is 2.37. The Balaban J connectivity index is 2.45. The van der Waals surface area contributed by atoms with E-state index >= 15 is 0 Å². The zero-order valence-corrected chi connectivity index (χ0v) is 8.68. The van der Waals surface area contributed by atoms with Gasteiger partial charge in [-0.25, -0.2) is 0 Å². The Morgan fingerprint density at radius 3 is 2.91 bits per heavy atom. The van der Waals surface area contributed by atoms with Crippen LogP contribution in [0.15, 0.2) is 11.4 Å². The van der Waals surface area contributed by atoms with Gasteiger partial charge >= 0.3 is 5.97 Å². The average molecular weight is 282 g/mol. The van der Waals surface area contributed by atoms with Crippen LogP contribution in [0.25, 0.3) is 0 Å². The zero-order chi connectivity index (χ0) is 8.27.